The van der Waals surface area contributed by atoms with Crippen LogP contribution in [0.5, 0.6) is 0 Å². The third kappa shape index (κ3) is 4.29. The average Bonchev–Trinajstić information content (AvgIpc) is 2.95. The lowest BCUT2D eigenvalue weighted by Crippen LogP contribution is -2.18. The molecule has 1 aliphatic rings. The van der Waals surface area contributed by atoms with Crippen LogP contribution in [-0.4, -0.2) is 35.2 Å². The lowest BCUT2D eigenvalue weighted by atomic mass is 10.2. The van der Waals surface area contributed by atoms with Crippen LogP contribution in [0.15, 0.2) is 16.5 Å². The molecule has 1 unspecified atom stereocenters. The van der Waals surface area contributed by atoms with E-state index in [0.717, 1.165) is 40.4 Å². The third-order valence-electron chi connectivity index (χ3n) is 2.35. The van der Waals surface area contributed by atoms with Crippen LogP contribution in [0.2, 0.25) is 0 Å². The molecule has 1 fully saturated rings. The van der Waals surface area contributed by atoms with Crippen LogP contribution in [0.25, 0.3) is 0 Å². The second-order valence-corrected chi connectivity index (χ2v) is 6.33. The maximum Gasteiger partial charge on any atom is 0.206 e. The van der Waals surface area contributed by atoms with Gasteiger partial charge in [-0.05, 0) is 19.8 Å². The molecule has 2 rings (SSSR count). The Morgan fingerprint density at radius 3 is 3.24 bits per heavy atom. The van der Waals surface area contributed by atoms with E-state index in [1.807, 2.05) is 6.92 Å². The Bertz CT molecular complexity index is 375. The summed E-state index contributed by atoms with van der Waals surface area (Å²) in [6.45, 7) is 7.61. The number of hydrogen-bond donors (Lipinski definition) is 1. The molecule has 0 aliphatic carbocycles. The molecule has 17 heavy (non-hydrogen) atoms. The Labute approximate surface area is 110 Å². The van der Waals surface area contributed by atoms with Crippen molar-refractivity contribution in [2.45, 2.75) is 30.2 Å². The van der Waals surface area contributed by atoms with Crippen molar-refractivity contribution in [1.29, 1.82) is 0 Å². The Morgan fingerprint density at radius 1 is 1.65 bits per heavy atom. The first-order valence-electron chi connectivity index (χ1n) is 5.70. The van der Waals surface area contributed by atoms with Crippen LogP contribution in [0, 0.1) is 0 Å². The molecule has 0 aromatic carbocycles. The number of ether oxygens (including phenoxy) is 1. The first-order valence-corrected chi connectivity index (χ1v) is 7.50. The molecule has 1 atom stereocenters. The van der Waals surface area contributed by atoms with Gasteiger partial charge in [-0.25, -0.2) is 0 Å². The summed E-state index contributed by atoms with van der Waals surface area (Å²) in [5, 5.41) is 12.4. The predicted molar refractivity (Wildman–Crippen MR) is 72.9 cm³/mol. The summed E-state index contributed by atoms with van der Waals surface area (Å²) in [4.78, 5) is 0. The van der Waals surface area contributed by atoms with E-state index in [-0.39, 0.29) is 0 Å². The normalized spacial score (nSPS) is 19.5. The van der Waals surface area contributed by atoms with Gasteiger partial charge < -0.3 is 10.1 Å². The Morgan fingerprint density at radius 2 is 2.53 bits per heavy atom. The highest BCUT2D eigenvalue weighted by Gasteiger charge is 2.15. The van der Waals surface area contributed by atoms with Crippen molar-refractivity contribution >= 4 is 28.2 Å². The van der Waals surface area contributed by atoms with E-state index in [9.17, 15) is 0 Å². The zero-order chi connectivity index (χ0) is 12.1. The molecule has 0 amide bonds. The van der Waals surface area contributed by atoms with Crippen LogP contribution >= 0.6 is 23.1 Å². The third-order valence-corrected chi connectivity index (χ3v) is 4.60. The van der Waals surface area contributed by atoms with Crippen LogP contribution in [0.1, 0.15) is 19.8 Å². The molecule has 0 radical (unpaired) electrons. The van der Waals surface area contributed by atoms with Crippen LogP contribution in [0.4, 0.5) is 5.13 Å². The summed E-state index contributed by atoms with van der Waals surface area (Å²) in [5.74, 6) is 0.903. The Hall–Kier alpha value is -0.590. The van der Waals surface area contributed by atoms with Gasteiger partial charge in [0.25, 0.3) is 0 Å². The summed E-state index contributed by atoms with van der Waals surface area (Å²) in [5.41, 5.74) is 1.15. The van der Waals surface area contributed by atoms with Gasteiger partial charge in [-0.3, -0.25) is 0 Å². The van der Waals surface area contributed by atoms with Crippen molar-refractivity contribution < 1.29 is 4.74 Å². The van der Waals surface area contributed by atoms with Crippen molar-refractivity contribution in [3.05, 3.63) is 12.2 Å². The molecule has 94 valence electrons. The number of rotatable bonds is 6. The van der Waals surface area contributed by atoms with Crippen LogP contribution in [0.3, 0.4) is 0 Å². The minimum Gasteiger partial charge on any atom is -0.376 e. The van der Waals surface area contributed by atoms with Gasteiger partial charge in [-0.1, -0.05) is 35.3 Å². The standard InChI is InChI=1S/C11H17N3OS2/c1-8(2)7-16-11-14-13-10(17-11)12-6-9-4-3-5-15-9/h9H,1,3-7H2,2H3,(H,12,13). The second kappa shape index (κ2) is 6.37. The monoisotopic (exact) mass is 271 g/mol. The van der Waals surface area contributed by atoms with E-state index in [1.54, 1.807) is 23.1 Å². The van der Waals surface area contributed by atoms with Crippen molar-refractivity contribution in [2.24, 2.45) is 0 Å². The van der Waals surface area contributed by atoms with Gasteiger partial charge in [0, 0.05) is 18.9 Å². The SMILES string of the molecule is C=C(C)CSc1nnc(NCC2CCCO2)s1. The van der Waals surface area contributed by atoms with Crippen molar-refractivity contribution in [3.8, 4) is 0 Å². The Balaban J connectivity index is 1.75. The quantitative estimate of drug-likeness (QED) is 0.637. The average molecular weight is 271 g/mol. The molecule has 1 aromatic rings. The first-order chi connectivity index (χ1) is 8.24. The van der Waals surface area contributed by atoms with Crippen molar-refractivity contribution in [2.75, 3.05) is 24.2 Å². The minimum atomic E-state index is 0.338. The number of hydrogen-bond acceptors (Lipinski definition) is 6. The maximum atomic E-state index is 5.54. The summed E-state index contributed by atoms with van der Waals surface area (Å²) in [6.07, 6.45) is 2.65. The zero-order valence-corrected chi connectivity index (χ0v) is 11.6. The summed E-state index contributed by atoms with van der Waals surface area (Å²) in [7, 11) is 0. The molecule has 6 heteroatoms. The summed E-state index contributed by atoms with van der Waals surface area (Å²) < 4.78 is 6.53. The lowest BCUT2D eigenvalue weighted by molar-refractivity contribution is 0.120. The molecule has 1 aliphatic heterocycles. The number of nitrogens with zero attached hydrogens (tertiary/aromatic N) is 2. The molecule has 1 saturated heterocycles. The topological polar surface area (TPSA) is 47.0 Å². The Kier molecular flexibility index (Phi) is 4.82. The highest BCUT2D eigenvalue weighted by Crippen LogP contribution is 2.26. The second-order valence-electron chi connectivity index (χ2n) is 4.13. The first kappa shape index (κ1) is 12.9. The van der Waals surface area contributed by atoms with Crippen molar-refractivity contribution in [1.82, 2.24) is 10.2 Å². The van der Waals surface area contributed by atoms with E-state index in [2.05, 4.69) is 22.1 Å². The van der Waals surface area contributed by atoms with E-state index in [1.165, 1.54) is 6.42 Å². The molecule has 1 N–H and O–H groups in total. The van der Waals surface area contributed by atoms with Gasteiger partial charge in [-0.15, -0.1) is 10.2 Å². The van der Waals surface area contributed by atoms with E-state index < -0.39 is 0 Å². The molecule has 2 heterocycles. The fourth-order valence-electron chi connectivity index (χ4n) is 1.53. The highest BCUT2D eigenvalue weighted by molar-refractivity contribution is 8.01. The maximum absolute atomic E-state index is 5.54. The van der Waals surface area contributed by atoms with Crippen LogP contribution < -0.4 is 5.32 Å². The van der Waals surface area contributed by atoms with E-state index >= 15 is 0 Å². The minimum absolute atomic E-state index is 0.338. The van der Waals surface area contributed by atoms with Gasteiger partial charge in [-0.2, -0.15) is 0 Å². The van der Waals surface area contributed by atoms with Gasteiger partial charge in [0.05, 0.1) is 6.10 Å². The number of aromatic nitrogens is 2. The largest absolute Gasteiger partial charge is 0.376 e. The van der Waals surface area contributed by atoms with Crippen molar-refractivity contribution in [3.63, 3.8) is 0 Å². The summed E-state index contributed by atoms with van der Waals surface area (Å²) in [6, 6.07) is 0. The molecular formula is C11H17N3OS2. The van der Waals surface area contributed by atoms with E-state index in [0.29, 0.717) is 6.10 Å². The molecule has 0 spiro atoms. The number of thioether (sulfide) groups is 1. The fraction of sp³-hybridized carbons (Fsp3) is 0.636. The van der Waals surface area contributed by atoms with Gasteiger partial charge >= 0.3 is 0 Å². The molecular weight excluding hydrogens is 254 g/mol. The molecule has 0 saturated carbocycles. The van der Waals surface area contributed by atoms with Gasteiger partial charge in [0.1, 0.15) is 0 Å². The van der Waals surface area contributed by atoms with Gasteiger partial charge in [0.2, 0.25) is 5.13 Å². The van der Waals surface area contributed by atoms with Gasteiger partial charge in [0.15, 0.2) is 4.34 Å². The smallest absolute Gasteiger partial charge is 0.206 e. The summed E-state index contributed by atoms with van der Waals surface area (Å²) >= 11 is 3.27. The highest BCUT2D eigenvalue weighted by atomic mass is 32.2. The van der Waals surface area contributed by atoms with Crippen LogP contribution in [-0.2, 0) is 4.74 Å². The van der Waals surface area contributed by atoms with E-state index in [4.69, 9.17) is 4.74 Å². The number of nitrogens with one attached hydrogen (secondary N) is 1. The molecule has 1 aromatic heterocycles. The molecule has 4 nitrogen and oxygen atoms in total. The lowest BCUT2D eigenvalue weighted by Gasteiger charge is -2.08. The number of anilines is 1. The predicted octanol–water partition coefficient (Wildman–Crippen LogP) is 2.80. The fourth-order valence-corrected chi connectivity index (χ4v) is 3.13. The zero-order valence-electron chi connectivity index (χ0n) is 9.94. The molecule has 0 bridgehead atoms.